The second-order valence-corrected chi connectivity index (χ2v) is 10.2. The van der Waals surface area contributed by atoms with Crippen LogP contribution in [0.5, 0.6) is 0 Å². The molecule has 8 nitrogen and oxygen atoms in total. The summed E-state index contributed by atoms with van der Waals surface area (Å²) in [6, 6.07) is 4.98. The van der Waals surface area contributed by atoms with Crippen LogP contribution in [0.15, 0.2) is 18.2 Å². The molecule has 9 heteroatoms. The van der Waals surface area contributed by atoms with Crippen molar-refractivity contribution in [3.63, 3.8) is 0 Å². The highest BCUT2D eigenvalue weighted by Gasteiger charge is 2.28. The third kappa shape index (κ3) is 6.35. The number of nitrogens with one attached hydrogen (secondary N) is 1. The lowest BCUT2D eigenvalue weighted by atomic mass is 9.98. The van der Waals surface area contributed by atoms with E-state index >= 15 is 0 Å². The molecule has 1 saturated heterocycles. The lowest BCUT2D eigenvalue weighted by Crippen LogP contribution is -2.51. The maximum Gasteiger partial charge on any atom is 0.410 e. The van der Waals surface area contributed by atoms with E-state index in [0.29, 0.717) is 49.4 Å². The summed E-state index contributed by atoms with van der Waals surface area (Å²) < 4.78 is 32.2. The van der Waals surface area contributed by atoms with Gasteiger partial charge in [0.25, 0.3) is 5.91 Å². The van der Waals surface area contributed by atoms with E-state index in [-0.39, 0.29) is 25.3 Å². The summed E-state index contributed by atoms with van der Waals surface area (Å²) in [5, 5.41) is 0. The molecule has 174 valence electrons. The van der Waals surface area contributed by atoms with Crippen LogP contribution in [0, 0.1) is 6.92 Å². The number of carbonyl (C=O) groups is 2. The van der Waals surface area contributed by atoms with Gasteiger partial charge in [0.05, 0.1) is 11.4 Å². The molecular weight excluding hydrogens is 418 g/mol. The molecule has 2 fully saturated rings. The minimum Gasteiger partial charge on any atom is -0.446 e. The second kappa shape index (κ2) is 10.3. The molecule has 0 unspecified atom stereocenters. The van der Waals surface area contributed by atoms with Crippen molar-refractivity contribution >= 4 is 27.7 Å². The number of sulfonamides is 1. The zero-order valence-electron chi connectivity index (χ0n) is 18.4. The van der Waals surface area contributed by atoms with E-state index in [0.717, 1.165) is 25.7 Å². The molecule has 3 rings (SSSR count). The number of rotatable bonds is 6. The van der Waals surface area contributed by atoms with E-state index in [4.69, 9.17) is 4.74 Å². The van der Waals surface area contributed by atoms with E-state index in [1.807, 2.05) is 6.92 Å². The first-order chi connectivity index (χ1) is 14.8. The highest BCUT2D eigenvalue weighted by molar-refractivity contribution is 7.92. The summed E-state index contributed by atoms with van der Waals surface area (Å²) in [6.07, 6.45) is 5.58. The van der Waals surface area contributed by atoms with Crippen LogP contribution in [0.25, 0.3) is 0 Å². The number of benzene rings is 1. The molecule has 1 heterocycles. The fraction of sp³-hybridized carbons (Fsp3) is 0.636. The quantitative estimate of drug-likeness (QED) is 0.710. The largest absolute Gasteiger partial charge is 0.446 e. The minimum absolute atomic E-state index is 0. The Kier molecular flexibility index (Phi) is 7.80. The Hall–Kier alpha value is -2.29. The molecule has 0 radical (unpaired) electrons. The number of nitrogens with zero attached hydrogens (tertiary/aromatic N) is 2. The van der Waals surface area contributed by atoms with Gasteiger partial charge in [0.1, 0.15) is 6.10 Å². The van der Waals surface area contributed by atoms with Crippen LogP contribution in [0.3, 0.4) is 0 Å². The zero-order chi connectivity index (χ0) is 22.4. The van der Waals surface area contributed by atoms with Gasteiger partial charge in [0.15, 0.2) is 0 Å². The van der Waals surface area contributed by atoms with Crippen molar-refractivity contribution in [2.24, 2.45) is 0 Å². The van der Waals surface area contributed by atoms with Crippen LogP contribution in [0.1, 0.15) is 62.8 Å². The van der Waals surface area contributed by atoms with Crippen molar-refractivity contribution in [2.45, 2.75) is 58.5 Å². The summed E-state index contributed by atoms with van der Waals surface area (Å²) in [6.45, 7) is 5.38. The van der Waals surface area contributed by atoms with Crippen molar-refractivity contribution in [2.75, 3.05) is 36.7 Å². The Morgan fingerprint density at radius 3 is 2.35 bits per heavy atom. The number of amides is 2. The smallest absolute Gasteiger partial charge is 0.410 e. The Morgan fingerprint density at radius 1 is 1.10 bits per heavy atom. The van der Waals surface area contributed by atoms with Crippen LogP contribution in [-0.4, -0.2) is 68.3 Å². The monoisotopic (exact) mass is 453 g/mol. The second-order valence-electron chi connectivity index (χ2n) is 8.37. The van der Waals surface area contributed by atoms with Crippen molar-refractivity contribution in [1.82, 2.24) is 9.80 Å². The molecule has 2 amide bonds. The molecule has 2 aliphatic rings. The fourth-order valence-electron chi connectivity index (χ4n) is 4.07. The van der Waals surface area contributed by atoms with Crippen LogP contribution in [-0.2, 0) is 14.8 Å². The first kappa shape index (κ1) is 23.4. The summed E-state index contributed by atoms with van der Waals surface area (Å²) in [5.41, 5.74) is 1.69. The van der Waals surface area contributed by atoms with E-state index in [1.54, 1.807) is 34.9 Å². The Bertz CT molecular complexity index is 895. The zero-order valence-corrected chi connectivity index (χ0v) is 19.2. The van der Waals surface area contributed by atoms with Gasteiger partial charge in [-0.05, 0) is 62.8 Å². The van der Waals surface area contributed by atoms with Gasteiger partial charge in [-0.1, -0.05) is 13.3 Å². The van der Waals surface area contributed by atoms with Gasteiger partial charge in [0.2, 0.25) is 10.0 Å². The highest BCUT2D eigenvalue weighted by atomic mass is 32.2. The topological polar surface area (TPSA) is 96.0 Å². The van der Waals surface area contributed by atoms with Gasteiger partial charge in [0, 0.05) is 33.2 Å². The van der Waals surface area contributed by atoms with Crippen molar-refractivity contribution < 1.29 is 24.2 Å². The van der Waals surface area contributed by atoms with Gasteiger partial charge >= 0.3 is 6.09 Å². The Morgan fingerprint density at radius 2 is 1.74 bits per heavy atom. The lowest BCUT2D eigenvalue weighted by Gasteiger charge is -2.35. The molecule has 1 aromatic rings. The standard InChI is InChI=1S/C22H33N3O5S.H2/c1-3-15-31(28,29)23-20-10-9-18(16-17(20)2)21(26)24-11-13-25(14-12-24)22(27)30-19-7-5-4-6-8-19;/h9-10,16,19,23H,3-8,11-15H2,1-2H3;1H. The Labute approximate surface area is 186 Å². The van der Waals surface area contributed by atoms with Crippen LogP contribution >= 0.6 is 0 Å². The molecule has 1 aliphatic heterocycles. The summed E-state index contributed by atoms with van der Waals surface area (Å²) in [5.74, 6) is -0.0630. The van der Waals surface area contributed by atoms with E-state index < -0.39 is 10.0 Å². The number of carbonyl (C=O) groups excluding carboxylic acids is 2. The molecule has 1 aliphatic carbocycles. The average Bonchev–Trinajstić information content (AvgIpc) is 2.75. The van der Waals surface area contributed by atoms with Crippen molar-refractivity contribution in [1.29, 1.82) is 0 Å². The van der Waals surface area contributed by atoms with Gasteiger partial charge in [-0.3, -0.25) is 9.52 Å². The van der Waals surface area contributed by atoms with E-state index in [2.05, 4.69) is 4.72 Å². The van der Waals surface area contributed by atoms with Gasteiger partial charge in [-0.2, -0.15) is 0 Å². The SMILES string of the molecule is CCCS(=O)(=O)Nc1ccc(C(=O)N2CCN(C(=O)OC3CCCCC3)CC2)cc1C.[HH]. The summed E-state index contributed by atoms with van der Waals surface area (Å²) in [4.78, 5) is 28.7. The van der Waals surface area contributed by atoms with E-state index in [9.17, 15) is 18.0 Å². The molecular formula is C22H35N3O5S. The van der Waals surface area contributed by atoms with Crippen molar-refractivity contribution in [3.05, 3.63) is 29.3 Å². The molecule has 1 saturated carbocycles. The maximum atomic E-state index is 12.9. The molecule has 31 heavy (non-hydrogen) atoms. The van der Waals surface area contributed by atoms with Gasteiger partial charge < -0.3 is 14.5 Å². The van der Waals surface area contributed by atoms with E-state index in [1.165, 1.54) is 6.42 Å². The number of anilines is 1. The number of hydrogen-bond acceptors (Lipinski definition) is 5. The predicted octanol–water partition coefficient (Wildman–Crippen LogP) is 3.62. The summed E-state index contributed by atoms with van der Waals surface area (Å²) in [7, 11) is -3.38. The Balaban J connectivity index is 0.00000363. The molecule has 1 aromatic carbocycles. The average molecular weight is 454 g/mol. The molecule has 0 atom stereocenters. The van der Waals surface area contributed by atoms with Crippen LogP contribution in [0.2, 0.25) is 0 Å². The number of ether oxygens (including phenoxy) is 1. The molecule has 0 spiro atoms. The van der Waals surface area contributed by atoms with Crippen LogP contribution in [0.4, 0.5) is 10.5 Å². The maximum absolute atomic E-state index is 12.9. The number of aryl methyl sites for hydroxylation is 1. The summed E-state index contributed by atoms with van der Waals surface area (Å²) >= 11 is 0. The first-order valence-electron chi connectivity index (χ1n) is 11.1. The molecule has 1 N–H and O–H groups in total. The predicted molar refractivity (Wildman–Crippen MR) is 122 cm³/mol. The lowest BCUT2D eigenvalue weighted by molar-refractivity contribution is 0.0306. The third-order valence-electron chi connectivity index (χ3n) is 5.86. The highest BCUT2D eigenvalue weighted by Crippen LogP contribution is 2.22. The van der Waals surface area contributed by atoms with Gasteiger partial charge in [-0.15, -0.1) is 0 Å². The first-order valence-corrected chi connectivity index (χ1v) is 12.8. The normalized spacial score (nSPS) is 18.0. The van der Waals surface area contributed by atoms with Crippen molar-refractivity contribution in [3.8, 4) is 0 Å². The molecule has 0 bridgehead atoms. The molecule has 0 aromatic heterocycles. The fourth-order valence-corrected chi connectivity index (χ4v) is 5.28. The van der Waals surface area contributed by atoms with Crippen LogP contribution < -0.4 is 4.72 Å². The number of hydrogen-bond donors (Lipinski definition) is 1. The van der Waals surface area contributed by atoms with Gasteiger partial charge in [-0.25, -0.2) is 13.2 Å². The number of piperazine rings is 1. The minimum atomic E-state index is -3.38. The third-order valence-corrected chi connectivity index (χ3v) is 7.33.